The van der Waals surface area contributed by atoms with Crippen molar-refractivity contribution < 1.29 is 9.59 Å². The smallest absolute Gasteiger partial charge is 0.288 e. The van der Waals surface area contributed by atoms with Crippen molar-refractivity contribution in [2.24, 2.45) is 11.7 Å². The van der Waals surface area contributed by atoms with E-state index in [2.05, 4.69) is 10.1 Å². The van der Waals surface area contributed by atoms with Crippen LogP contribution in [0.3, 0.4) is 0 Å². The zero-order valence-electron chi connectivity index (χ0n) is 8.87. The maximum absolute atomic E-state index is 10.8. The van der Waals surface area contributed by atoms with E-state index < -0.39 is 5.91 Å². The lowest BCUT2D eigenvalue weighted by molar-refractivity contribution is -0.112. The molecule has 16 heavy (non-hydrogen) atoms. The second-order valence-electron chi connectivity index (χ2n) is 4.12. The van der Waals surface area contributed by atoms with Crippen molar-refractivity contribution in [1.29, 1.82) is 0 Å². The minimum atomic E-state index is -0.611. The van der Waals surface area contributed by atoms with Gasteiger partial charge in [0.15, 0.2) is 0 Å². The maximum atomic E-state index is 10.8. The summed E-state index contributed by atoms with van der Waals surface area (Å²) in [5, 5.41) is 4.03. The molecule has 1 amide bonds. The zero-order chi connectivity index (χ0) is 11.5. The molecule has 0 atom stereocenters. The van der Waals surface area contributed by atoms with Crippen LogP contribution in [-0.4, -0.2) is 27.0 Å². The molecule has 1 aromatic rings. The van der Waals surface area contributed by atoms with Crippen molar-refractivity contribution in [3.63, 3.8) is 0 Å². The lowest BCUT2D eigenvalue weighted by Crippen LogP contribution is -2.20. The fraction of sp³-hybridized carbons (Fsp3) is 0.600. The number of primary amides is 1. The van der Waals surface area contributed by atoms with Gasteiger partial charge in [-0.05, 0) is 25.7 Å². The molecule has 2 N–H and O–H groups in total. The summed E-state index contributed by atoms with van der Waals surface area (Å²) < 4.78 is 1.68. The van der Waals surface area contributed by atoms with E-state index in [1.165, 1.54) is 6.33 Å². The highest BCUT2D eigenvalue weighted by atomic mass is 16.1. The average Bonchev–Trinajstić information content (AvgIpc) is 2.78. The first-order chi connectivity index (χ1) is 7.70. The van der Waals surface area contributed by atoms with Gasteiger partial charge in [-0.15, -0.1) is 5.10 Å². The number of nitrogens with zero attached hydrogens (tertiary/aromatic N) is 3. The quantitative estimate of drug-likeness (QED) is 0.745. The molecule has 1 fully saturated rings. The summed E-state index contributed by atoms with van der Waals surface area (Å²) in [5.41, 5.74) is 5.08. The summed E-state index contributed by atoms with van der Waals surface area (Å²) in [4.78, 5) is 25.3. The molecule has 0 aromatic carbocycles. The van der Waals surface area contributed by atoms with E-state index in [1.807, 2.05) is 0 Å². The Morgan fingerprint density at radius 3 is 2.62 bits per heavy atom. The van der Waals surface area contributed by atoms with E-state index >= 15 is 0 Å². The van der Waals surface area contributed by atoms with Gasteiger partial charge in [-0.2, -0.15) is 0 Å². The first kappa shape index (κ1) is 10.8. The predicted octanol–water partition coefficient (Wildman–Crippen LogP) is 0.307. The monoisotopic (exact) mass is 222 g/mol. The molecule has 0 unspecified atom stereocenters. The first-order valence-electron chi connectivity index (χ1n) is 5.37. The molecule has 1 aromatic heterocycles. The molecule has 0 bridgehead atoms. The molecule has 2 rings (SSSR count). The van der Waals surface area contributed by atoms with Crippen LogP contribution in [0.2, 0.25) is 0 Å². The minimum absolute atomic E-state index is 0.0533. The highest BCUT2D eigenvalue weighted by molar-refractivity contribution is 5.88. The van der Waals surface area contributed by atoms with E-state index in [0.717, 1.165) is 32.0 Å². The van der Waals surface area contributed by atoms with Crippen LogP contribution in [0.15, 0.2) is 6.33 Å². The van der Waals surface area contributed by atoms with Crippen LogP contribution >= 0.6 is 0 Å². The van der Waals surface area contributed by atoms with Crippen molar-refractivity contribution in [2.45, 2.75) is 31.7 Å². The third-order valence-corrected chi connectivity index (χ3v) is 3.04. The van der Waals surface area contributed by atoms with Crippen LogP contribution in [0.5, 0.6) is 0 Å². The van der Waals surface area contributed by atoms with E-state index in [1.54, 1.807) is 4.68 Å². The third kappa shape index (κ3) is 2.10. The van der Waals surface area contributed by atoms with Crippen LogP contribution in [0.4, 0.5) is 0 Å². The number of hydrogen-bond donors (Lipinski definition) is 1. The summed E-state index contributed by atoms with van der Waals surface area (Å²) in [5.74, 6) is -0.381. The number of carbonyl (C=O) groups excluding carboxylic acids is 2. The van der Waals surface area contributed by atoms with Gasteiger partial charge in [0.2, 0.25) is 5.82 Å². The van der Waals surface area contributed by atoms with E-state index in [0.29, 0.717) is 0 Å². The number of rotatable bonds is 3. The van der Waals surface area contributed by atoms with Gasteiger partial charge in [-0.1, -0.05) is 0 Å². The fourth-order valence-corrected chi connectivity index (χ4v) is 2.07. The Kier molecular flexibility index (Phi) is 2.98. The van der Waals surface area contributed by atoms with Crippen molar-refractivity contribution in [3.05, 3.63) is 12.2 Å². The van der Waals surface area contributed by atoms with Gasteiger partial charge >= 0.3 is 0 Å². The number of aromatic nitrogens is 3. The number of nitrogens with two attached hydrogens (primary N) is 1. The minimum Gasteiger partial charge on any atom is -0.363 e. The summed E-state index contributed by atoms with van der Waals surface area (Å²) in [7, 11) is 0. The lowest BCUT2D eigenvalue weighted by Gasteiger charge is -2.24. The highest BCUT2D eigenvalue weighted by Crippen LogP contribution is 2.30. The summed E-state index contributed by atoms with van der Waals surface area (Å²) in [6, 6.07) is 0.233. The van der Waals surface area contributed by atoms with Crippen molar-refractivity contribution in [1.82, 2.24) is 14.8 Å². The normalized spacial score (nSPS) is 25.2. The van der Waals surface area contributed by atoms with Gasteiger partial charge in [-0.25, -0.2) is 9.67 Å². The summed E-state index contributed by atoms with van der Waals surface area (Å²) in [6.45, 7) is 0. The molecule has 1 aliphatic rings. The molecule has 6 heteroatoms. The van der Waals surface area contributed by atoms with Crippen molar-refractivity contribution >= 4 is 12.2 Å². The fourth-order valence-electron chi connectivity index (χ4n) is 2.07. The Morgan fingerprint density at radius 1 is 1.44 bits per heavy atom. The molecule has 0 radical (unpaired) electrons. The van der Waals surface area contributed by atoms with Gasteiger partial charge < -0.3 is 10.5 Å². The molecule has 0 spiro atoms. The second kappa shape index (κ2) is 4.42. The molecule has 0 saturated heterocycles. The molecule has 6 nitrogen and oxygen atoms in total. The predicted molar refractivity (Wildman–Crippen MR) is 55.6 cm³/mol. The summed E-state index contributed by atoms with van der Waals surface area (Å²) >= 11 is 0. The van der Waals surface area contributed by atoms with Gasteiger partial charge in [0, 0.05) is 5.92 Å². The second-order valence-corrected chi connectivity index (χ2v) is 4.12. The van der Waals surface area contributed by atoms with E-state index in [4.69, 9.17) is 5.73 Å². The lowest BCUT2D eigenvalue weighted by atomic mass is 9.87. The van der Waals surface area contributed by atoms with Gasteiger partial charge in [-0.3, -0.25) is 4.79 Å². The SMILES string of the molecule is NC(=O)c1ncn(C2CCC(C=O)CC2)n1. The number of hydrogen-bond acceptors (Lipinski definition) is 4. The number of carbonyl (C=O) groups is 2. The van der Waals surface area contributed by atoms with E-state index in [9.17, 15) is 9.59 Å². The van der Waals surface area contributed by atoms with E-state index in [-0.39, 0.29) is 17.8 Å². The van der Waals surface area contributed by atoms with Crippen LogP contribution in [0.1, 0.15) is 42.3 Å². The first-order valence-corrected chi connectivity index (χ1v) is 5.37. The molecule has 0 aliphatic heterocycles. The zero-order valence-corrected chi connectivity index (χ0v) is 8.87. The Balaban J connectivity index is 2.02. The number of aldehydes is 1. The molecular weight excluding hydrogens is 208 g/mol. The molecule has 1 heterocycles. The Morgan fingerprint density at radius 2 is 2.12 bits per heavy atom. The Bertz CT molecular complexity index is 393. The standard InChI is InChI=1S/C10H14N4O2/c11-9(16)10-12-6-14(13-10)8-3-1-7(5-15)2-4-8/h5-8H,1-4H2,(H2,11,16). The number of amides is 1. The molecule has 86 valence electrons. The molecule has 1 aliphatic carbocycles. The highest BCUT2D eigenvalue weighted by Gasteiger charge is 2.23. The van der Waals surface area contributed by atoms with Crippen LogP contribution in [0.25, 0.3) is 0 Å². The van der Waals surface area contributed by atoms with Crippen molar-refractivity contribution in [3.8, 4) is 0 Å². The van der Waals surface area contributed by atoms with Crippen LogP contribution in [-0.2, 0) is 4.79 Å². The average molecular weight is 222 g/mol. The largest absolute Gasteiger partial charge is 0.363 e. The van der Waals surface area contributed by atoms with Crippen LogP contribution in [0, 0.1) is 5.92 Å². The van der Waals surface area contributed by atoms with Gasteiger partial charge in [0.1, 0.15) is 12.6 Å². The van der Waals surface area contributed by atoms with Gasteiger partial charge in [0.25, 0.3) is 5.91 Å². The maximum Gasteiger partial charge on any atom is 0.288 e. The van der Waals surface area contributed by atoms with Gasteiger partial charge in [0.05, 0.1) is 6.04 Å². The van der Waals surface area contributed by atoms with Crippen molar-refractivity contribution in [2.75, 3.05) is 0 Å². The Labute approximate surface area is 92.8 Å². The third-order valence-electron chi connectivity index (χ3n) is 3.04. The summed E-state index contributed by atoms with van der Waals surface area (Å²) in [6.07, 6.45) is 6.09. The topological polar surface area (TPSA) is 90.9 Å². The Hall–Kier alpha value is -1.72. The van der Waals surface area contributed by atoms with Crippen LogP contribution < -0.4 is 5.73 Å². The molecular formula is C10H14N4O2. The molecule has 1 saturated carbocycles.